The van der Waals surface area contributed by atoms with E-state index < -0.39 is 0 Å². The van der Waals surface area contributed by atoms with E-state index >= 15 is 0 Å². The number of aliphatic imine (C=N–C) groups is 1. The Morgan fingerprint density at radius 3 is 2.68 bits per heavy atom. The predicted octanol–water partition coefficient (Wildman–Crippen LogP) is 3.95. The fraction of sp³-hybridized carbons (Fsp3) is 0.318. The smallest absolute Gasteiger partial charge is 0.254 e. The van der Waals surface area contributed by atoms with Gasteiger partial charge < -0.3 is 5.32 Å². The molecule has 1 aliphatic carbocycles. The van der Waals surface area contributed by atoms with Gasteiger partial charge >= 0.3 is 0 Å². The van der Waals surface area contributed by atoms with E-state index in [1.807, 2.05) is 44.2 Å². The molecule has 5 nitrogen and oxygen atoms in total. The highest BCUT2D eigenvalue weighted by molar-refractivity contribution is 8.15. The number of aryl methyl sites for hydroxylation is 3. The maximum absolute atomic E-state index is 12.7. The second-order valence-corrected chi connectivity index (χ2v) is 8.56. The number of hydrogen-bond acceptors (Lipinski definition) is 4. The molecule has 0 saturated carbocycles. The lowest BCUT2D eigenvalue weighted by Crippen LogP contribution is -2.33. The first-order chi connectivity index (χ1) is 13.5. The predicted molar refractivity (Wildman–Crippen MR) is 115 cm³/mol. The standard InChI is InChI=1S/C22H23N3O2S/c1-14-6-10-19(11-7-14)25-20(26)13-23-22(25)28-15(2)21(27)24-18-9-8-16-4-3-5-17(16)12-18/h6-12,15H,3-5,13H2,1-2H3,(H,24,27)/t15-/m0/s1. The van der Waals surface area contributed by atoms with Crippen molar-refractivity contribution in [3.63, 3.8) is 0 Å². The van der Waals surface area contributed by atoms with E-state index in [1.165, 1.54) is 29.3 Å². The van der Waals surface area contributed by atoms with Crippen LogP contribution in [0, 0.1) is 6.92 Å². The van der Waals surface area contributed by atoms with E-state index in [-0.39, 0.29) is 23.6 Å². The number of anilines is 2. The third-order valence-electron chi connectivity index (χ3n) is 5.10. The zero-order valence-electron chi connectivity index (χ0n) is 16.1. The van der Waals surface area contributed by atoms with Crippen LogP contribution in [0.3, 0.4) is 0 Å². The Morgan fingerprint density at radius 1 is 1.14 bits per heavy atom. The van der Waals surface area contributed by atoms with Crippen LogP contribution in [-0.2, 0) is 22.4 Å². The molecule has 2 amide bonds. The second kappa shape index (κ2) is 7.80. The zero-order chi connectivity index (χ0) is 19.7. The number of carbonyl (C=O) groups is 2. The van der Waals surface area contributed by atoms with Gasteiger partial charge in [-0.05, 0) is 68.5 Å². The largest absolute Gasteiger partial charge is 0.325 e. The van der Waals surface area contributed by atoms with Crippen LogP contribution < -0.4 is 10.2 Å². The van der Waals surface area contributed by atoms with Crippen LogP contribution in [0.25, 0.3) is 0 Å². The molecule has 4 rings (SSSR count). The minimum atomic E-state index is -0.370. The summed E-state index contributed by atoms with van der Waals surface area (Å²) in [6, 6.07) is 13.9. The second-order valence-electron chi connectivity index (χ2n) is 7.25. The minimum absolute atomic E-state index is 0.0717. The van der Waals surface area contributed by atoms with Gasteiger partial charge in [0.05, 0.1) is 10.9 Å². The lowest BCUT2D eigenvalue weighted by atomic mass is 10.1. The Balaban J connectivity index is 1.43. The fourth-order valence-corrected chi connectivity index (χ4v) is 4.46. The van der Waals surface area contributed by atoms with Crippen LogP contribution >= 0.6 is 11.8 Å². The zero-order valence-corrected chi connectivity index (χ0v) is 16.9. The normalized spacial score (nSPS) is 16.7. The summed E-state index contributed by atoms with van der Waals surface area (Å²) in [5.41, 5.74) is 5.45. The van der Waals surface area contributed by atoms with Gasteiger partial charge in [-0.15, -0.1) is 0 Å². The number of nitrogens with zero attached hydrogens (tertiary/aromatic N) is 2. The Bertz CT molecular complexity index is 953. The number of rotatable bonds is 4. The molecular formula is C22H23N3O2S. The summed E-state index contributed by atoms with van der Waals surface area (Å²) >= 11 is 1.31. The monoisotopic (exact) mass is 393 g/mol. The van der Waals surface area contributed by atoms with E-state index in [0.717, 1.165) is 29.8 Å². The molecule has 6 heteroatoms. The van der Waals surface area contributed by atoms with Crippen LogP contribution in [0.15, 0.2) is 47.5 Å². The molecule has 1 aliphatic heterocycles. The molecule has 0 aromatic heterocycles. The molecule has 0 spiro atoms. The molecule has 2 aliphatic rings. The first kappa shape index (κ1) is 18.7. The maximum atomic E-state index is 12.7. The van der Waals surface area contributed by atoms with Crippen LogP contribution in [0.4, 0.5) is 11.4 Å². The number of benzene rings is 2. The van der Waals surface area contributed by atoms with Crippen molar-refractivity contribution in [1.82, 2.24) is 0 Å². The topological polar surface area (TPSA) is 61.8 Å². The molecule has 0 bridgehead atoms. The molecule has 0 fully saturated rings. The number of amides is 2. The van der Waals surface area contributed by atoms with Gasteiger partial charge in [0.1, 0.15) is 6.54 Å². The summed E-state index contributed by atoms with van der Waals surface area (Å²) in [5.74, 6) is -0.161. The average Bonchev–Trinajstić information content (AvgIpc) is 3.29. The van der Waals surface area contributed by atoms with Gasteiger partial charge in [-0.25, -0.2) is 0 Å². The van der Waals surface area contributed by atoms with Crippen molar-refractivity contribution in [2.45, 2.75) is 38.4 Å². The van der Waals surface area contributed by atoms with E-state index in [1.54, 1.807) is 4.90 Å². The van der Waals surface area contributed by atoms with Crippen molar-refractivity contribution < 1.29 is 9.59 Å². The number of hydrogen-bond donors (Lipinski definition) is 1. The van der Waals surface area contributed by atoms with Crippen molar-refractivity contribution in [3.8, 4) is 0 Å². The number of fused-ring (bicyclic) bond motifs is 1. The van der Waals surface area contributed by atoms with Crippen molar-refractivity contribution in [2.75, 3.05) is 16.8 Å². The Labute approximate surface area is 169 Å². The molecule has 0 radical (unpaired) electrons. The highest BCUT2D eigenvalue weighted by atomic mass is 32.2. The minimum Gasteiger partial charge on any atom is -0.325 e. The molecule has 1 heterocycles. The van der Waals surface area contributed by atoms with Gasteiger partial charge in [-0.3, -0.25) is 19.5 Å². The Morgan fingerprint density at radius 2 is 1.89 bits per heavy atom. The summed E-state index contributed by atoms with van der Waals surface area (Å²) in [7, 11) is 0. The number of thioether (sulfide) groups is 1. The highest BCUT2D eigenvalue weighted by Crippen LogP contribution is 2.28. The van der Waals surface area contributed by atoms with Gasteiger partial charge in [-0.1, -0.05) is 35.5 Å². The Kier molecular flexibility index (Phi) is 5.22. The lowest BCUT2D eigenvalue weighted by molar-refractivity contribution is -0.116. The van der Waals surface area contributed by atoms with E-state index in [9.17, 15) is 9.59 Å². The van der Waals surface area contributed by atoms with Gasteiger partial charge in [0, 0.05) is 5.69 Å². The quantitative estimate of drug-likeness (QED) is 0.856. The van der Waals surface area contributed by atoms with Gasteiger partial charge in [-0.2, -0.15) is 0 Å². The van der Waals surface area contributed by atoms with Crippen molar-refractivity contribution in [3.05, 3.63) is 59.2 Å². The summed E-state index contributed by atoms with van der Waals surface area (Å²) in [5, 5.41) is 3.21. The first-order valence-electron chi connectivity index (χ1n) is 9.54. The van der Waals surface area contributed by atoms with Crippen LogP contribution in [0.2, 0.25) is 0 Å². The molecule has 0 unspecified atom stereocenters. The number of carbonyl (C=O) groups excluding carboxylic acids is 2. The molecule has 144 valence electrons. The third kappa shape index (κ3) is 3.83. The van der Waals surface area contributed by atoms with Gasteiger partial charge in [0.2, 0.25) is 5.91 Å². The first-order valence-corrected chi connectivity index (χ1v) is 10.4. The van der Waals surface area contributed by atoms with Gasteiger partial charge in [0.15, 0.2) is 5.17 Å². The van der Waals surface area contributed by atoms with Crippen LogP contribution in [-0.4, -0.2) is 28.8 Å². The third-order valence-corrected chi connectivity index (χ3v) is 6.19. The molecule has 2 aromatic rings. The molecule has 2 aromatic carbocycles. The number of amidine groups is 1. The molecule has 28 heavy (non-hydrogen) atoms. The molecular weight excluding hydrogens is 370 g/mol. The fourth-order valence-electron chi connectivity index (χ4n) is 3.53. The SMILES string of the molecule is Cc1ccc(N2C(=O)CN=C2S[C@@H](C)C(=O)Nc2ccc3c(c2)CCC3)cc1. The lowest BCUT2D eigenvalue weighted by Gasteiger charge is -2.20. The van der Waals surface area contributed by atoms with Crippen LogP contribution in [0.1, 0.15) is 30.0 Å². The van der Waals surface area contributed by atoms with E-state index in [0.29, 0.717) is 5.17 Å². The summed E-state index contributed by atoms with van der Waals surface area (Å²) in [4.78, 5) is 30.9. The van der Waals surface area contributed by atoms with Crippen molar-refractivity contribution in [2.24, 2.45) is 4.99 Å². The molecule has 0 saturated heterocycles. The maximum Gasteiger partial charge on any atom is 0.254 e. The molecule has 1 atom stereocenters. The summed E-state index contributed by atoms with van der Waals surface area (Å²) < 4.78 is 0. The Hall–Kier alpha value is -2.60. The van der Waals surface area contributed by atoms with E-state index in [2.05, 4.69) is 22.4 Å². The highest BCUT2D eigenvalue weighted by Gasteiger charge is 2.30. The average molecular weight is 394 g/mol. The van der Waals surface area contributed by atoms with Crippen molar-refractivity contribution >= 4 is 40.1 Å². The van der Waals surface area contributed by atoms with E-state index in [4.69, 9.17) is 0 Å². The summed E-state index contributed by atoms with van der Waals surface area (Å²) in [6.45, 7) is 3.96. The summed E-state index contributed by atoms with van der Waals surface area (Å²) in [6.07, 6.45) is 3.38. The number of nitrogens with one attached hydrogen (secondary N) is 1. The molecule has 1 N–H and O–H groups in total. The van der Waals surface area contributed by atoms with Gasteiger partial charge in [0.25, 0.3) is 5.91 Å². The van der Waals surface area contributed by atoms with Crippen LogP contribution in [0.5, 0.6) is 0 Å². The van der Waals surface area contributed by atoms with Crippen molar-refractivity contribution in [1.29, 1.82) is 0 Å².